The number of anilines is 4. The number of benzene rings is 3. The summed E-state index contributed by atoms with van der Waals surface area (Å²) in [5.41, 5.74) is 8.33. The van der Waals surface area contributed by atoms with E-state index in [1.165, 1.54) is 4.90 Å². The molecule has 12 heteroatoms. The van der Waals surface area contributed by atoms with Gasteiger partial charge in [0.05, 0.1) is 36.1 Å². The Morgan fingerprint density at radius 1 is 0.938 bits per heavy atom. The molecule has 3 atom stereocenters. The number of likely N-dealkylation sites (N-methyl/N-ethyl adjacent to an activating group) is 1. The average Bonchev–Trinajstić information content (AvgIpc) is 3.07. The fraction of sp³-hybridized carbons (Fsp3) is 0.389. The van der Waals surface area contributed by atoms with Gasteiger partial charge >= 0.3 is 6.03 Å². The normalized spacial score (nSPS) is 16.4. The van der Waals surface area contributed by atoms with Crippen LogP contribution in [0.5, 0.6) is 5.75 Å². The number of para-hydroxylation sites is 3. The molecule has 0 aromatic heterocycles. The van der Waals surface area contributed by atoms with E-state index < -0.39 is 12.1 Å². The van der Waals surface area contributed by atoms with Gasteiger partial charge in [0.1, 0.15) is 11.9 Å². The number of nitrogens with zero attached hydrogens (tertiary/aromatic N) is 2. The fourth-order valence-corrected chi connectivity index (χ4v) is 5.41. The molecule has 0 saturated carbocycles. The first-order valence-corrected chi connectivity index (χ1v) is 16.3. The summed E-state index contributed by atoms with van der Waals surface area (Å²) in [4.78, 5) is 54.9. The van der Waals surface area contributed by atoms with E-state index in [2.05, 4.69) is 16.0 Å². The Hall–Kier alpha value is -5.10. The third-order valence-electron chi connectivity index (χ3n) is 8.32. The van der Waals surface area contributed by atoms with Gasteiger partial charge in [-0.15, -0.1) is 0 Å². The Morgan fingerprint density at radius 2 is 1.60 bits per heavy atom. The van der Waals surface area contributed by atoms with Crippen molar-refractivity contribution in [2.45, 2.75) is 58.1 Å². The van der Waals surface area contributed by atoms with Crippen molar-refractivity contribution in [3.63, 3.8) is 0 Å². The molecule has 3 aromatic rings. The summed E-state index contributed by atoms with van der Waals surface area (Å²) in [6.07, 6.45) is 2.00. The van der Waals surface area contributed by atoms with Crippen molar-refractivity contribution in [3.8, 4) is 5.75 Å². The molecule has 48 heavy (non-hydrogen) atoms. The first kappa shape index (κ1) is 35.7. The molecule has 0 bridgehead atoms. The molecule has 0 aliphatic carbocycles. The Kier molecular flexibility index (Phi) is 12.8. The zero-order valence-corrected chi connectivity index (χ0v) is 27.8. The summed E-state index contributed by atoms with van der Waals surface area (Å²) in [7, 11) is 1.68. The molecule has 1 heterocycles. The molecule has 6 N–H and O–H groups in total. The molecule has 0 saturated heterocycles. The number of carbonyl (C=O) groups excluding carboxylic acids is 4. The monoisotopic (exact) mass is 658 g/mol. The first-order chi connectivity index (χ1) is 23.0. The van der Waals surface area contributed by atoms with Crippen LogP contribution in [0, 0.1) is 5.92 Å². The van der Waals surface area contributed by atoms with Crippen molar-refractivity contribution in [1.29, 1.82) is 0 Å². The van der Waals surface area contributed by atoms with Crippen LogP contribution in [0.15, 0.2) is 72.8 Å². The highest BCUT2D eigenvalue weighted by molar-refractivity contribution is 6.00. The zero-order chi connectivity index (χ0) is 34.6. The van der Waals surface area contributed by atoms with Gasteiger partial charge in [0.15, 0.2) is 0 Å². The van der Waals surface area contributed by atoms with Crippen molar-refractivity contribution in [2.24, 2.45) is 5.92 Å². The fourth-order valence-electron chi connectivity index (χ4n) is 5.41. The van der Waals surface area contributed by atoms with E-state index in [1.807, 2.05) is 25.1 Å². The van der Waals surface area contributed by atoms with Crippen LogP contribution in [0.2, 0.25) is 0 Å². The lowest BCUT2D eigenvalue weighted by Crippen LogP contribution is -2.50. The number of aliphatic hydroxyl groups excluding tert-OH is 1. The smallest absolute Gasteiger partial charge is 0.321 e. The lowest BCUT2D eigenvalue weighted by molar-refractivity contribution is -0.116. The number of fused-ring (bicyclic) bond motifs is 1. The second-order valence-corrected chi connectivity index (χ2v) is 12.3. The van der Waals surface area contributed by atoms with Crippen LogP contribution in [0.3, 0.4) is 0 Å². The minimum atomic E-state index is -0.468. The van der Waals surface area contributed by atoms with Crippen molar-refractivity contribution >= 4 is 46.5 Å². The predicted molar refractivity (Wildman–Crippen MR) is 187 cm³/mol. The maximum absolute atomic E-state index is 13.8. The number of amides is 5. The van der Waals surface area contributed by atoms with Crippen molar-refractivity contribution in [3.05, 3.63) is 78.4 Å². The van der Waals surface area contributed by atoms with Crippen molar-refractivity contribution in [1.82, 2.24) is 9.80 Å². The first-order valence-electron chi connectivity index (χ1n) is 16.3. The van der Waals surface area contributed by atoms with Gasteiger partial charge < -0.3 is 41.3 Å². The maximum atomic E-state index is 13.8. The number of rotatable bonds is 13. The van der Waals surface area contributed by atoms with Crippen LogP contribution in [0.1, 0.15) is 56.3 Å². The average molecular weight is 659 g/mol. The third-order valence-corrected chi connectivity index (χ3v) is 8.32. The minimum absolute atomic E-state index is 0.131. The molecule has 1 aliphatic heterocycles. The van der Waals surface area contributed by atoms with E-state index in [4.69, 9.17) is 10.5 Å². The van der Waals surface area contributed by atoms with E-state index in [0.29, 0.717) is 60.7 Å². The Labute approximate surface area is 281 Å². The molecule has 256 valence electrons. The van der Waals surface area contributed by atoms with Gasteiger partial charge in [-0.05, 0) is 62.2 Å². The predicted octanol–water partition coefficient (Wildman–Crippen LogP) is 5.18. The molecule has 0 fully saturated rings. The number of carbonyl (C=O) groups is 4. The van der Waals surface area contributed by atoms with Crippen LogP contribution in [0.4, 0.5) is 27.5 Å². The number of nitrogens with two attached hydrogens (primary N) is 1. The molecule has 12 nitrogen and oxygen atoms in total. The van der Waals surface area contributed by atoms with Gasteiger partial charge in [0.2, 0.25) is 11.8 Å². The SMILES string of the molecule is C[C@H]1CN([C@@H](C)CO)C(=O)c2cc(NC(=O)CCCCCC(=O)Nc3ccccc3N)ccc2O[C@@H]1CN(C)C(=O)Nc1ccccc1. The third kappa shape index (κ3) is 9.95. The van der Waals surface area contributed by atoms with Gasteiger partial charge in [-0.1, -0.05) is 43.7 Å². The van der Waals surface area contributed by atoms with Crippen LogP contribution < -0.4 is 26.4 Å². The van der Waals surface area contributed by atoms with Crippen molar-refractivity contribution in [2.75, 3.05) is 48.4 Å². The second kappa shape index (κ2) is 17.2. The highest BCUT2D eigenvalue weighted by Crippen LogP contribution is 2.31. The Bertz CT molecular complexity index is 1570. The lowest BCUT2D eigenvalue weighted by Gasteiger charge is -2.38. The van der Waals surface area contributed by atoms with Gasteiger partial charge in [0, 0.05) is 43.7 Å². The highest BCUT2D eigenvalue weighted by atomic mass is 16.5. The molecular weight excluding hydrogens is 612 g/mol. The number of aliphatic hydroxyl groups is 1. The number of hydrogen-bond donors (Lipinski definition) is 5. The molecule has 4 rings (SSSR count). The summed E-state index contributed by atoms with van der Waals surface area (Å²) < 4.78 is 6.38. The molecule has 5 amide bonds. The summed E-state index contributed by atoms with van der Waals surface area (Å²) >= 11 is 0. The maximum Gasteiger partial charge on any atom is 0.321 e. The number of hydrogen-bond acceptors (Lipinski definition) is 7. The van der Waals surface area contributed by atoms with Crippen LogP contribution in [0.25, 0.3) is 0 Å². The summed E-state index contributed by atoms with van der Waals surface area (Å²) in [5, 5.41) is 18.5. The van der Waals surface area contributed by atoms with Gasteiger partial charge in [-0.25, -0.2) is 4.79 Å². The summed E-state index contributed by atoms with van der Waals surface area (Å²) in [5.74, 6) is -0.511. The van der Waals surface area contributed by atoms with Crippen LogP contribution in [-0.4, -0.2) is 77.5 Å². The van der Waals surface area contributed by atoms with Gasteiger partial charge in [0.25, 0.3) is 5.91 Å². The second-order valence-electron chi connectivity index (χ2n) is 12.3. The highest BCUT2D eigenvalue weighted by Gasteiger charge is 2.34. The quantitative estimate of drug-likeness (QED) is 0.125. The minimum Gasteiger partial charge on any atom is -0.487 e. The number of urea groups is 1. The van der Waals surface area contributed by atoms with E-state index in [9.17, 15) is 24.3 Å². The van der Waals surface area contributed by atoms with Gasteiger partial charge in [-0.3, -0.25) is 14.4 Å². The van der Waals surface area contributed by atoms with E-state index in [1.54, 1.807) is 73.5 Å². The Morgan fingerprint density at radius 3 is 2.29 bits per heavy atom. The molecular formula is C36H46N6O6. The number of unbranched alkanes of at least 4 members (excludes halogenated alkanes) is 2. The van der Waals surface area contributed by atoms with E-state index in [0.717, 1.165) is 0 Å². The topological polar surface area (TPSA) is 166 Å². The standard InChI is InChI=1S/C36H46N6O6/c1-24-21-42(25(2)23-43)35(46)28-20-27(38-33(44)16-8-5-9-17-34(45)40-30-15-11-10-14-29(30)37)18-19-31(28)48-32(24)22-41(3)36(47)39-26-12-6-4-7-13-26/h4,6-7,10-15,18-20,24-25,32,43H,5,8-9,16-17,21-23,37H2,1-3H3,(H,38,44)(H,39,47)(H,40,45)/t24-,25-,32+/m0/s1. The lowest BCUT2D eigenvalue weighted by atomic mass is 9.99. The molecule has 0 radical (unpaired) electrons. The van der Waals surface area contributed by atoms with Crippen molar-refractivity contribution < 1.29 is 29.0 Å². The van der Waals surface area contributed by atoms with Gasteiger partial charge in [-0.2, -0.15) is 0 Å². The zero-order valence-electron chi connectivity index (χ0n) is 27.8. The molecule has 1 aliphatic rings. The summed E-state index contributed by atoms with van der Waals surface area (Å²) in [6, 6.07) is 20.4. The van der Waals surface area contributed by atoms with E-state index in [-0.39, 0.29) is 54.8 Å². The van der Waals surface area contributed by atoms with E-state index >= 15 is 0 Å². The number of ether oxygens (including phenoxy) is 1. The molecule has 0 unspecified atom stereocenters. The van der Waals surface area contributed by atoms with Crippen LogP contribution in [-0.2, 0) is 9.59 Å². The molecule has 0 spiro atoms. The van der Waals surface area contributed by atoms with Crippen LogP contribution >= 0.6 is 0 Å². The number of nitrogen functional groups attached to an aromatic ring is 1. The number of nitrogens with one attached hydrogen (secondary N) is 3. The Balaban J connectivity index is 1.36. The largest absolute Gasteiger partial charge is 0.487 e. The summed E-state index contributed by atoms with van der Waals surface area (Å²) in [6.45, 7) is 4.04. The molecule has 3 aromatic carbocycles.